The van der Waals surface area contributed by atoms with Crippen molar-refractivity contribution in [1.82, 2.24) is 5.32 Å². The SMILES string of the molecule is CCCOOC(=O)CCNC(=O)Cc1ccccc1. The van der Waals surface area contributed by atoms with Crippen LogP contribution in [-0.2, 0) is 25.8 Å². The Bertz CT molecular complexity index is 392. The van der Waals surface area contributed by atoms with Crippen molar-refractivity contribution in [1.29, 1.82) is 0 Å². The molecule has 5 nitrogen and oxygen atoms in total. The minimum Gasteiger partial charge on any atom is -0.355 e. The van der Waals surface area contributed by atoms with Crippen LogP contribution in [0.4, 0.5) is 0 Å². The Morgan fingerprint density at radius 3 is 2.63 bits per heavy atom. The third kappa shape index (κ3) is 7.21. The van der Waals surface area contributed by atoms with Crippen molar-refractivity contribution in [2.75, 3.05) is 13.2 Å². The Labute approximate surface area is 112 Å². The molecule has 1 aromatic carbocycles. The molecule has 0 aliphatic heterocycles. The molecule has 104 valence electrons. The zero-order valence-electron chi connectivity index (χ0n) is 11.1. The van der Waals surface area contributed by atoms with E-state index in [9.17, 15) is 9.59 Å². The second-order valence-corrected chi connectivity index (χ2v) is 4.04. The van der Waals surface area contributed by atoms with Gasteiger partial charge in [-0.3, -0.25) is 9.68 Å². The number of carbonyl (C=O) groups is 2. The number of amides is 1. The Hall–Kier alpha value is -1.88. The summed E-state index contributed by atoms with van der Waals surface area (Å²) in [7, 11) is 0. The lowest BCUT2D eigenvalue weighted by atomic mass is 10.1. The molecule has 0 radical (unpaired) electrons. The highest BCUT2D eigenvalue weighted by molar-refractivity contribution is 5.79. The lowest BCUT2D eigenvalue weighted by Gasteiger charge is -2.05. The standard InChI is InChI=1S/C14H19NO4/c1-2-10-18-19-14(17)8-9-15-13(16)11-12-6-4-3-5-7-12/h3-7H,2,8-11H2,1H3,(H,15,16). The number of rotatable bonds is 8. The minimum atomic E-state index is -0.478. The maximum absolute atomic E-state index is 11.6. The first-order valence-electron chi connectivity index (χ1n) is 6.35. The van der Waals surface area contributed by atoms with E-state index < -0.39 is 5.97 Å². The zero-order chi connectivity index (χ0) is 13.9. The fourth-order valence-electron chi connectivity index (χ4n) is 1.38. The summed E-state index contributed by atoms with van der Waals surface area (Å²) >= 11 is 0. The van der Waals surface area contributed by atoms with E-state index in [1.54, 1.807) is 0 Å². The van der Waals surface area contributed by atoms with Gasteiger partial charge in [0.05, 0.1) is 19.4 Å². The summed E-state index contributed by atoms with van der Waals surface area (Å²) in [6.45, 7) is 2.55. The molecule has 0 spiro atoms. The molecule has 0 unspecified atom stereocenters. The summed E-state index contributed by atoms with van der Waals surface area (Å²) in [5.74, 6) is -0.595. The van der Waals surface area contributed by atoms with E-state index in [0.29, 0.717) is 13.0 Å². The molecule has 5 heteroatoms. The Morgan fingerprint density at radius 2 is 1.95 bits per heavy atom. The van der Waals surface area contributed by atoms with Gasteiger partial charge in [-0.2, -0.15) is 4.89 Å². The first-order valence-corrected chi connectivity index (χ1v) is 6.35. The largest absolute Gasteiger partial charge is 0.355 e. The van der Waals surface area contributed by atoms with Crippen molar-refractivity contribution in [2.24, 2.45) is 0 Å². The maximum Gasteiger partial charge on any atom is 0.344 e. The normalized spacial score (nSPS) is 9.95. The molecule has 0 heterocycles. The smallest absolute Gasteiger partial charge is 0.344 e. The number of hydrogen-bond donors (Lipinski definition) is 1. The topological polar surface area (TPSA) is 64.6 Å². The van der Waals surface area contributed by atoms with Crippen LogP contribution in [0.25, 0.3) is 0 Å². The van der Waals surface area contributed by atoms with Gasteiger partial charge >= 0.3 is 5.97 Å². The van der Waals surface area contributed by atoms with Gasteiger partial charge in [0.25, 0.3) is 0 Å². The number of benzene rings is 1. The molecule has 0 aromatic heterocycles. The highest BCUT2D eigenvalue weighted by Crippen LogP contribution is 1.99. The van der Waals surface area contributed by atoms with E-state index in [1.165, 1.54) is 0 Å². The lowest BCUT2D eigenvalue weighted by molar-refractivity contribution is -0.272. The van der Waals surface area contributed by atoms with Crippen LogP contribution in [0, 0.1) is 0 Å². The van der Waals surface area contributed by atoms with Gasteiger partial charge in [0.2, 0.25) is 5.91 Å². The molecule has 1 amide bonds. The lowest BCUT2D eigenvalue weighted by Crippen LogP contribution is -2.27. The van der Waals surface area contributed by atoms with Crippen LogP contribution in [0.1, 0.15) is 25.3 Å². The van der Waals surface area contributed by atoms with Crippen molar-refractivity contribution in [3.8, 4) is 0 Å². The second-order valence-electron chi connectivity index (χ2n) is 4.04. The molecule has 0 aliphatic carbocycles. The summed E-state index contributed by atoms with van der Waals surface area (Å²) in [6, 6.07) is 9.42. The molecule has 1 N–H and O–H groups in total. The summed E-state index contributed by atoms with van der Waals surface area (Å²) in [4.78, 5) is 31.8. The van der Waals surface area contributed by atoms with Crippen molar-refractivity contribution in [2.45, 2.75) is 26.2 Å². The zero-order valence-corrected chi connectivity index (χ0v) is 11.1. The van der Waals surface area contributed by atoms with E-state index in [2.05, 4.69) is 15.1 Å². The Balaban J connectivity index is 2.12. The van der Waals surface area contributed by atoms with Crippen LogP contribution in [0.15, 0.2) is 30.3 Å². The van der Waals surface area contributed by atoms with Gasteiger partial charge in [-0.1, -0.05) is 37.3 Å². The third-order valence-corrected chi connectivity index (χ3v) is 2.30. The molecule has 0 fully saturated rings. The summed E-state index contributed by atoms with van der Waals surface area (Å²) in [5.41, 5.74) is 0.939. The highest BCUT2D eigenvalue weighted by Gasteiger charge is 2.06. The monoisotopic (exact) mass is 265 g/mol. The average Bonchev–Trinajstić information content (AvgIpc) is 2.40. The Morgan fingerprint density at radius 1 is 1.21 bits per heavy atom. The second kappa shape index (κ2) is 9.10. The number of hydrogen-bond acceptors (Lipinski definition) is 4. The molecular weight excluding hydrogens is 246 g/mol. The van der Waals surface area contributed by atoms with Gasteiger partial charge in [-0.15, -0.1) is 0 Å². The number of carbonyl (C=O) groups excluding carboxylic acids is 2. The maximum atomic E-state index is 11.6. The molecule has 0 aliphatic rings. The van der Waals surface area contributed by atoms with Gasteiger partial charge in [-0.05, 0) is 12.0 Å². The fraction of sp³-hybridized carbons (Fsp3) is 0.429. The van der Waals surface area contributed by atoms with Crippen LogP contribution in [-0.4, -0.2) is 25.0 Å². The number of nitrogens with one attached hydrogen (secondary N) is 1. The first kappa shape index (κ1) is 15.2. The van der Waals surface area contributed by atoms with Crippen LogP contribution >= 0.6 is 0 Å². The molecule has 1 rings (SSSR count). The van der Waals surface area contributed by atoms with Crippen molar-refractivity contribution in [3.05, 3.63) is 35.9 Å². The first-order chi connectivity index (χ1) is 9.22. The summed E-state index contributed by atoms with van der Waals surface area (Å²) < 4.78 is 0. The Kier molecular flexibility index (Phi) is 7.27. The fourth-order valence-corrected chi connectivity index (χ4v) is 1.38. The van der Waals surface area contributed by atoms with E-state index in [1.807, 2.05) is 37.3 Å². The van der Waals surface area contributed by atoms with Crippen LogP contribution in [0.5, 0.6) is 0 Å². The van der Waals surface area contributed by atoms with Gasteiger partial charge in [0.15, 0.2) is 0 Å². The van der Waals surface area contributed by atoms with E-state index >= 15 is 0 Å². The third-order valence-electron chi connectivity index (χ3n) is 2.30. The minimum absolute atomic E-state index is 0.101. The molecule has 19 heavy (non-hydrogen) atoms. The van der Waals surface area contributed by atoms with Crippen molar-refractivity contribution in [3.63, 3.8) is 0 Å². The van der Waals surface area contributed by atoms with E-state index in [4.69, 9.17) is 0 Å². The molecule has 0 saturated carbocycles. The quantitative estimate of drug-likeness (QED) is 0.441. The average molecular weight is 265 g/mol. The van der Waals surface area contributed by atoms with Crippen molar-refractivity contribution >= 4 is 11.9 Å². The summed E-state index contributed by atoms with van der Waals surface area (Å²) in [5, 5.41) is 2.66. The molecule has 0 atom stereocenters. The van der Waals surface area contributed by atoms with Gasteiger partial charge in [0.1, 0.15) is 0 Å². The van der Waals surface area contributed by atoms with E-state index in [0.717, 1.165) is 12.0 Å². The predicted molar refractivity (Wildman–Crippen MR) is 70.1 cm³/mol. The molecule has 1 aromatic rings. The molecular formula is C14H19NO4. The van der Waals surface area contributed by atoms with Gasteiger partial charge < -0.3 is 5.32 Å². The molecule has 0 bridgehead atoms. The van der Waals surface area contributed by atoms with Crippen LogP contribution in [0.3, 0.4) is 0 Å². The summed E-state index contributed by atoms with van der Waals surface area (Å²) in [6.07, 6.45) is 1.19. The van der Waals surface area contributed by atoms with E-state index in [-0.39, 0.29) is 18.9 Å². The molecule has 0 saturated heterocycles. The van der Waals surface area contributed by atoms with Crippen LogP contribution in [0.2, 0.25) is 0 Å². The van der Waals surface area contributed by atoms with Crippen molar-refractivity contribution < 1.29 is 19.4 Å². The van der Waals surface area contributed by atoms with Gasteiger partial charge in [0, 0.05) is 6.54 Å². The van der Waals surface area contributed by atoms with Gasteiger partial charge in [-0.25, -0.2) is 4.79 Å². The highest BCUT2D eigenvalue weighted by atomic mass is 17.2. The predicted octanol–water partition coefficient (Wildman–Crippen LogP) is 1.62. The van der Waals surface area contributed by atoms with Crippen LogP contribution < -0.4 is 5.32 Å².